The average molecular weight is 594 g/mol. The van der Waals surface area contributed by atoms with Crippen molar-refractivity contribution in [1.29, 1.82) is 0 Å². The van der Waals surface area contributed by atoms with Crippen LogP contribution in [-0.4, -0.2) is 77.5 Å². The molecule has 2 aliphatic heterocycles. The lowest BCUT2D eigenvalue weighted by Crippen LogP contribution is -2.40. The molecule has 1 aromatic carbocycles. The molecule has 1 aliphatic carbocycles. The van der Waals surface area contributed by atoms with Gasteiger partial charge in [-0.15, -0.1) is 10.2 Å². The molecule has 2 amide bonds. The number of anilines is 4. The lowest BCUT2D eigenvalue weighted by Gasteiger charge is -2.34. The van der Waals surface area contributed by atoms with Crippen molar-refractivity contribution in [3.05, 3.63) is 41.9 Å². The maximum Gasteiger partial charge on any atom is 0.273 e. The molecule has 0 atom stereocenters. The zero-order valence-corrected chi connectivity index (χ0v) is 24.7. The Balaban J connectivity index is 1.30. The minimum absolute atomic E-state index is 0.00339. The molecule has 1 saturated carbocycles. The van der Waals surface area contributed by atoms with E-state index in [4.69, 9.17) is 5.10 Å². The first-order chi connectivity index (χ1) is 20.2. The number of carbonyl (C=O) groups is 2. The molecule has 3 aromatic rings. The van der Waals surface area contributed by atoms with Gasteiger partial charge >= 0.3 is 0 Å². The van der Waals surface area contributed by atoms with Crippen molar-refractivity contribution in [2.24, 2.45) is 5.92 Å². The second-order valence-electron chi connectivity index (χ2n) is 11.0. The zero-order chi connectivity index (χ0) is 29.6. The van der Waals surface area contributed by atoms with Crippen LogP contribution in [0.5, 0.6) is 0 Å². The fraction of sp³-hybridized carbons (Fsp3) is 0.464. The highest BCUT2D eigenvalue weighted by Gasteiger charge is 2.33. The number of nitrogens with one attached hydrogen (secondary N) is 3. The van der Waals surface area contributed by atoms with Crippen molar-refractivity contribution >= 4 is 44.7 Å². The number of rotatable bonds is 8. The number of fused-ring (bicyclic) bond motifs is 3. The maximum absolute atomic E-state index is 12.6. The molecule has 3 N–H and O–H groups in total. The molecule has 0 unspecified atom stereocenters. The molecule has 3 aliphatic rings. The molecule has 0 bridgehead atoms. The molecule has 42 heavy (non-hydrogen) atoms. The second-order valence-corrected chi connectivity index (χ2v) is 13.3. The Kier molecular flexibility index (Phi) is 7.35. The Morgan fingerprint density at radius 3 is 2.50 bits per heavy atom. The van der Waals surface area contributed by atoms with Crippen molar-refractivity contribution in [3.8, 4) is 11.1 Å². The third kappa shape index (κ3) is 5.20. The number of piperidine rings is 1. The van der Waals surface area contributed by atoms with Gasteiger partial charge in [0, 0.05) is 50.3 Å². The predicted octanol–water partition coefficient (Wildman–Crippen LogP) is 2.73. The van der Waals surface area contributed by atoms with E-state index < -0.39 is 15.9 Å². The van der Waals surface area contributed by atoms with Crippen LogP contribution in [0.1, 0.15) is 54.8 Å². The summed E-state index contributed by atoms with van der Waals surface area (Å²) in [7, 11) is 0.339. The Morgan fingerprint density at radius 2 is 1.81 bits per heavy atom. The summed E-state index contributed by atoms with van der Waals surface area (Å²) in [6.07, 6.45) is 5.03. The van der Waals surface area contributed by atoms with Gasteiger partial charge in [-0.05, 0) is 38.7 Å². The van der Waals surface area contributed by atoms with Gasteiger partial charge in [-0.25, -0.2) is 12.7 Å². The molecule has 13 nitrogen and oxygen atoms in total. The minimum atomic E-state index is -3.20. The summed E-state index contributed by atoms with van der Waals surface area (Å²) >= 11 is 0. The predicted molar refractivity (Wildman–Crippen MR) is 159 cm³/mol. The van der Waals surface area contributed by atoms with Crippen LogP contribution >= 0.6 is 0 Å². The number of para-hydroxylation sites is 1. The smallest absolute Gasteiger partial charge is 0.273 e. The molecule has 2 fully saturated rings. The number of hydrogen-bond donors (Lipinski definition) is 3. The van der Waals surface area contributed by atoms with E-state index in [9.17, 15) is 18.0 Å². The van der Waals surface area contributed by atoms with E-state index in [1.807, 2.05) is 31.4 Å². The largest absolute Gasteiger partial charge is 0.366 e. The van der Waals surface area contributed by atoms with Gasteiger partial charge in [-0.2, -0.15) is 5.10 Å². The fourth-order valence-electron chi connectivity index (χ4n) is 5.76. The van der Waals surface area contributed by atoms with E-state index in [1.54, 1.807) is 17.3 Å². The van der Waals surface area contributed by atoms with Gasteiger partial charge in [-0.1, -0.05) is 12.1 Å². The summed E-state index contributed by atoms with van der Waals surface area (Å²) < 4.78 is 28.3. The van der Waals surface area contributed by atoms with Gasteiger partial charge < -0.3 is 20.9 Å². The average Bonchev–Trinajstić information content (AvgIpc) is 3.77. The number of nitrogens with zero attached hydrogens (tertiary/aromatic N) is 6. The summed E-state index contributed by atoms with van der Waals surface area (Å²) in [6.45, 7) is 3.27. The van der Waals surface area contributed by atoms with Gasteiger partial charge in [0.1, 0.15) is 0 Å². The minimum Gasteiger partial charge on any atom is -0.366 e. The van der Waals surface area contributed by atoms with Crippen LogP contribution in [0.4, 0.5) is 22.9 Å². The van der Waals surface area contributed by atoms with Crippen LogP contribution in [0.3, 0.4) is 0 Å². The number of benzene rings is 1. The van der Waals surface area contributed by atoms with Crippen molar-refractivity contribution in [1.82, 2.24) is 29.6 Å². The van der Waals surface area contributed by atoms with Crippen molar-refractivity contribution in [3.63, 3.8) is 0 Å². The van der Waals surface area contributed by atoms with E-state index in [2.05, 4.69) is 35.7 Å². The Morgan fingerprint density at radius 1 is 1.05 bits per heavy atom. The molecular weight excluding hydrogens is 558 g/mol. The summed E-state index contributed by atoms with van der Waals surface area (Å²) in [5.41, 5.74) is 5.34. The molecule has 4 heterocycles. The lowest BCUT2D eigenvalue weighted by molar-refractivity contribution is -0.117. The molecule has 2 aromatic heterocycles. The van der Waals surface area contributed by atoms with Gasteiger partial charge in [0.05, 0.1) is 47.3 Å². The van der Waals surface area contributed by atoms with E-state index in [0.29, 0.717) is 38.2 Å². The van der Waals surface area contributed by atoms with E-state index in [1.165, 1.54) is 7.05 Å². The van der Waals surface area contributed by atoms with Crippen LogP contribution in [-0.2, 0) is 21.4 Å². The number of sulfonamides is 1. The third-order valence-corrected chi connectivity index (χ3v) is 10.1. The maximum atomic E-state index is 12.6. The van der Waals surface area contributed by atoms with Crippen molar-refractivity contribution < 1.29 is 18.0 Å². The van der Waals surface area contributed by atoms with Crippen LogP contribution in [0.15, 0.2) is 30.5 Å². The van der Waals surface area contributed by atoms with Crippen molar-refractivity contribution in [2.45, 2.75) is 45.2 Å². The third-order valence-electron chi connectivity index (χ3n) is 8.23. The molecular formula is C28H35N9O4S. The van der Waals surface area contributed by atoms with E-state index in [0.717, 1.165) is 41.0 Å². The topological polar surface area (TPSA) is 154 Å². The number of aromatic nitrogens is 4. The number of hydrogen-bond acceptors (Lipinski definition) is 9. The van der Waals surface area contributed by atoms with E-state index in [-0.39, 0.29) is 35.1 Å². The Hall–Kier alpha value is -4.04. The van der Waals surface area contributed by atoms with Gasteiger partial charge in [0.2, 0.25) is 15.9 Å². The van der Waals surface area contributed by atoms with Crippen LogP contribution in [0.25, 0.3) is 11.1 Å². The van der Waals surface area contributed by atoms with E-state index >= 15 is 0 Å². The monoisotopic (exact) mass is 593 g/mol. The normalized spacial score (nSPS) is 17.4. The molecule has 0 spiro atoms. The molecule has 0 radical (unpaired) electrons. The van der Waals surface area contributed by atoms with Gasteiger partial charge in [0.15, 0.2) is 11.5 Å². The molecule has 1 saturated heterocycles. The Bertz CT molecular complexity index is 1640. The Labute approximate surface area is 244 Å². The summed E-state index contributed by atoms with van der Waals surface area (Å²) in [4.78, 5) is 27.1. The SMILES string of the molecule is CCS(=O)(=O)N1CCC(n2ncc3c2CN(C)c2c(Nc4cc(NC(=O)C5CC5)nnc4C(=O)NC)cccc2-3)CC1. The highest BCUT2D eigenvalue weighted by Crippen LogP contribution is 2.45. The summed E-state index contributed by atoms with van der Waals surface area (Å²) in [5.74, 6) is -0.0969. The van der Waals surface area contributed by atoms with Gasteiger partial charge in [0.25, 0.3) is 5.91 Å². The standard InChI is InChI=1S/C28H35N9O4S/c1-4-42(40,41)36-12-10-18(11-13-36)37-23-16-35(3)26-19(20(23)15-30-37)6-5-7-21(26)31-22-14-24(32-27(38)17-8-9-17)33-34-25(22)28(39)29-2/h5-7,14-15,17-18H,4,8-13,16H2,1-3H3,(H,29,39)(H2,31,32,33,38). The first kappa shape index (κ1) is 28.1. The van der Waals surface area contributed by atoms with Crippen LogP contribution in [0.2, 0.25) is 0 Å². The second kappa shape index (κ2) is 11.0. The highest BCUT2D eigenvalue weighted by atomic mass is 32.2. The summed E-state index contributed by atoms with van der Waals surface area (Å²) in [5, 5.41) is 21.7. The fourth-order valence-corrected chi connectivity index (χ4v) is 6.89. The molecule has 6 rings (SSSR count). The highest BCUT2D eigenvalue weighted by molar-refractivity contribution is 7.89. The van der Waals surface area contributed by atoms with Crippen molar-refractivity contribution in [2.75, 3.05) is 48.5 Å². The van der Waals surface area contributed by atoms with Crippen LogP contribution in [0, 0.1) is 5.92 Å². The molecule has 14 heteroatoms. The number of carbonyl (C=O) groups excluding carboxylic acids is 2. The van der Waals surface area contributed by atoms with Crippen LogP contribution < -0.4 is 20.9 Å². The first-order valence-electron chi connectivity index (χ1n) is 14.3. The quantitative estimate of drug-likeness (QED) is 0.358. The number of amides is 2. The van der Waals surface area contributed by atoms with Gasteiger partial charge in [-0.3, -0.25) is 14.3 Å². The molecule has 222 valence electrons. The summed E-state index contributed by atoms with van der Waals surface area (Å²) in [6, 6.07) is 7.68. The first-order valence-corrected chi connectivity index (χ1v) is 15.9. The zero-order valence-electron chi connectivity index (χ0n) is 23.9. The lowest BCUT2D eigenvalue weighted by atomic mass is 9.97.